The average Bonchev–Trinajstić information content (AvgIpc) is 3.13. The zero-order valence-corrected chi connectivity index (χ0v) is 14.6. The Morgan fingerprint density at radius 3 is 2.73 bits per heavy atom. The van der Waals surface area contributed by atoms with Gasteiger partial charge in [0, 0.05) is 24.6 Å². The lowest BCUT2D eigenvalue weighted by molar-refractivity contribution is -0.121. The molecule has 0 spiro atoms. The zero-order chi connectivity index (χ0) is 18.4. The van der Waals surface area contributed by atoms with Gasteiger partial charge in [0.2, 0.25) is 5.91 Å². The summed E-state index contributed by atoms with van der Waals surface area (Å²) >= 11 is 0. The molecule has 7 heteroatoms. The van der Waals surface area contributed by atoms with Gasteiger partial charge < -0.3 is 15.7 Å². The number of nitrogens with zero attached hydrogens (tertiary/aromatic N) is 1. The summed E-state index contributed by atoms with van der Waals surface area (Å²) in [7, 11) is 0. The van der Waals surface area contributed by atoms with Crippen LogP contribution in [-0.4, -0.2) is 39.7 Å². The molecule has 0 aliphatic heterocycles. The smallest absolute Gasteiger partial charge is 0.269 e. The van der Waals surface area contributed by atoms with Gasteiger partial charge in [-0.05, 0) is 31.0 Å². The second-order valence-electron chi connectivity index (χ2n) is 6.59. The molecule has 1 aromatic heterocycles. The number of aromatic hydroxyl groups is 1. The van der Waals surface area contributed by atoms with Gasteiger partial charge >= 0.3 is 0 Å². The lowest BCUT2D eigenvalue weighted by atomic mass is 9.95. The molecule has 1 fully saturated rings. The summed E-state index contributed by atoms with van der Waals surface area (Å²) in [6.07, 6.45) is 5.92. The van der Waals surface area contributed by atoms with Crippen molar-refractivity contribution in [3.05, 3.63) is 36.0 Å². The third-order valence-electron chi connectivity index (χ3n) is 4.61. The molecule has 0 bridgehead atoms. The first-order valence-corrected chi connectivity index (χ1v) is 9.05. The normalized spacial score (nSPS) is 14.8. The highest BCUT2D eigenvalue weighted by Crippen LogP contribution is 2.27. The number of carbonyl (C=O) groups is 2. The number of H-pyrrole nitrogens is 1. The second-order valence-corrected chi connectivity index (χ2v) is 6.59. The maximum absolute atomic E-state index is 12.2. The molecule has 4 N–H and O–H groups in total. The summed E-state index contributed by atoms with van der Waals surface area (Å²) in [4.78, 5) is 24.1. The number of hydrogen-bond donors (Lipinski definition) is 4. The summed E-state index contributed by atoms with van der Waals surface area (Å²) in [5.41, 5.74) is 1.33. The number of rotatable bonds is 6. The SMILES string of the molecule is O=C(CCNC(=O)c1cc(-c2ccccc2O)n[nH]1)NC1CCCCC1. The number of para-hydroxylation sites is 1. The maximum Gasteiger partial charge on any atom is 0.269 e. The number of phenols is 1. The van der Waals surface area contributed by atoms with Gasteiger partial charge in [0.15, 0.2) is 0 Å². The molecule has 26 heavy (non-hydrogen) atoms. The molecule has 2 amide bonds. The van der Waals surface area contributed by atoms with Crippen molar-refractivity contribution in [2.75, 3.05) is 6.54 Å². The highest BCUT2D eigenvalue weighted by Gasteiger charge is 2.16. The van der Waals surface area contributed by atoms with Crippen LogP contribution in [0.15, 0.2) is 30.3 Å². The Balaban J connectivity index is 1.46. The van der Waals surface area contributed by atoms with Crippen molar-refractivity contribution in [3.8, 4) is 17.0 Å². The first-order chi connectivity index (χ1) is 12.6. The van der Waals surface area contributed by atoms with E-state index in [2.05, 4.69) is 20.8 Å². The van der Waals surface area contributed by atoms with E-state index in [-0.39, 0.29) is 42.3 Å². The van der Waals surface area contributed by atoms with E-state index in [1.54, 1.807) is 30.3 Å². The molecule has 3 rings (SSSR count). The third kappa shape index (κ3) is 4.62. The molecular formula is C19H24N4O3. The number of hydrogen-bond acceptors (Lipinski definition) is 4. The van der Waals surface area contributed by atoms with Gasteiger partial charge in [-0.15, -0.1) is 0 Å². The third-order valence-corrected chi connectivity index (χ3v) is 4.61. The Morgan fingerprint density at radius 2 is 1.96 bits per heavy atom. The summed E-state index contributed by atoms with van der Waals surface area (Å²) in [6.45, 7) is 0.266. The van der Waals surface area contributed by atoms with Gasteiger partial charge in [0.25, 0.3) is 5.91 Å². The lowest BCUT2D eigenvalue weighted by Gasteiger charge is -2.22. The van der Waals surface area contributed by atoms with Crippen LogP contribution in [0.25, 0.3) is 11.3 Å². The second kappa shape index (κ2) is 8.51. The van der Waals surface area contributed by atoms with E-state index in [0.29, 0.717) is 11.3 Å². The van der Waals surface area contributed by atoms with E-state index in [0.717, 1.165) is 12.8 Å². The van der Waals surface area contributed by atoms with E-state index in [4.69, 9.17) is 0 Å². The van der Waals surface area contributed by atoms with Gasteiger partial charge in [0.1, 0.15) is 11.4 Å². The van der Waals surface area contributed by atoms with E-state index in [1.807, 2.05) is 0 Å². The number of phenolic OH excluding ortho intramolecular Hbond substituents is 1. The first-order valence-electron chi connectivity index (χ1n) is 9.05. The average molecular weight is 356 g/mol. The van der Waals surface area contributed by atoms with E-state index in [1.165, 1.54) is 19.3 Å². The molecule has 0 saturated heterocycles. The molecule has 2 aromatic rings. The van der Waals surface area contributed by atoms with Crippen molar-refractivity contribution >= 4 is 11.8 Å². The number of amides is 2. The van der Waals surface area contributed by atoms with Crippen molar-refractivity contribution in [3.63, 3.8) is 0 Å². The Bertz CT molecular complexity index is 766. The minimum absolute atomic E-state index is 0.0308. The van der Waals surface area contributed by atoms with Crippen LogP contribution >= 0.6 is 0 Å². The quantitative estimate of drug-likeness (QED) is 0.637. The summed E-state index contributed by atoms with van der Waals surface area (Å²) in [6, 6.07) is 8.65. The predicted octanol–water partition coefficient (Wildman–Crippen LogP) is 2.35. The van der Waals surface area contributed by atoms with E-state index in [9.17, 15) is 14.7 Å². The molecule has 138 valence electrons. The van der Waals surface area contributed by atoms with Crippen LogP contribution in [0.1, 0.15) is 49.0 Å². The van der Waals surface area contributed by atoms with Gasteiger partial charge in [0.05, 0.1) is 5.69 Å². The molecule has 0 radical (unpaired) electrons. The molecule has 1 aliphatic carbocycles. The number of aromatic nitrogens is 2. The van der Waals surface area contributed by atoms with Crippen LogP contribution in [-0.2, 0) is 4.79 Å². The monoisotopic (exact) mass is 356 g/mol. The van der Waals surface area contributed by atoms with Crippen molar-refractivity contribution < 1.29 is 14.7 Å². The molecule has 0 unspecified atom stereocenters. The fourth-order valence-electron chi connectivity index (χ4n) is 3.20. The number of nitrogens with one attached hydrogen (secondary N) is 3. The zero-order valence-electron chi connectivity index (χ0n) is 14.6. The van der Waals surface area contributed by atoms with Crippen molar-refractivity contribution in [2.24, 2.45) is 0 Å². The Labute approximate surface area is 152 Å². The van der Waals surface area contributed by atoms with Crippen molar-refractivity contribution in [1.29, 1.82) is 0 Å². The Hall–Kier alpha value is -2.83. The lowest BCUT2D eigenvalue weighted by Crippen LogP contribution is -2.38. The number of carbonyl (C=O) groups excluding carboxylic acids is 2. The largest absolute Gasteiger partial charge is 0.507 e. The summed E-state index contributed by atoms with van der Waals surface area (Å²) in [5.74, 6) is -0.258. The molecule has 1 heterocycles. The van der Waals surface area contributed by atoms with E-state index >= 15 is 0 Å². The highest BCUT2D eigenvalue weighted by molar-refractivity contribution is 5.93. The van der Waals surface area contributed by atoms with Crippen LogP contribution in [0, 0.1) is 0 Å². The predicted molar refractivity (Wildman–Crippen MR) is 97.7 cm³/mol. The minimum atomic E-state index is -0.329. The number of aromatic amines is 1. The van der Waals surface area contributed by atoms with Gasteiger partial charge in [-0.1, -0.05) is 31.4 Å². The topological polar surface area (TPSA) is 107 Å². The standard InChI is InChI=1S/C19H24N4O3/c24-17-9-5-4-8-14(17)15-12-16(23-22-15)19(26)20-11-10-18(25)21-13-6-2-1-3-7-13/h4-5,8-9,12-13,24H,1-3,6-7,10-11H2,(H,20,26)(H,21,25)(H,22,23). The molecule has 1 saturated carbocycles. The fraction of sp³-hybridized carbons (Fsp3) is 0.421. The summed E-state index contributed by atoms with van der Waals surface area (Å²) in [5, 5.41) is 22.3. The molecule has 1 aliphatic rings. The Morgan fingerprint density at radius 1 is 1.19 bits per heavy atom. The first kappa shape index (κ1) is 18.0. The summed E-state index contributed by atoms with van der Waals surface area (Å²) < 4.78 is 0. The minimum Gasteiger partial charge on any atom is -0.507 e. The van der Waals surface area contributed by atoms with Crippen LogP contribution in [0.2, 0.25) is 0 Å². The van der Waals surface area contributed by atoms with Crippen LogP contribution in [0.4, 0.5) is 0 Å². The molecule has 0 atom stereocenters. The highest BCUT2D eigenvalue weighted by atomic mass is 16.3. The number of benzene rings is 1. The van der Waals surface area contributed by atoms with E-state index < -0.39 is 0 Å². The molecule has 7 nitrogen and oxygen atoms in total. The molecular weight excluding hydrogens is 332 g/mol. The van der Waals surface area contributed by atoms with Gasteiger partial charge in [-0.2, -0.15) is 5.10 Å². The van der Waals surface area contributed by atoms with Gasteiger partial charge in [-0.3, -0.25) is 14.7 Å². The van der Waals surface area contributed by atoms with Crippen molar-refractivity contribution in [1.82, 2.24) is 20.8 Å². The maximum atomic E-state index is 12.2. The van der Waals surface area contributed by atoms with Crippen LogP contribution < -0.4 is 10.6 Å². The van der Waals surface area contributed by atoms with Crippen LogP contribution in [0.3, 0.4) is 0 Å². The van der Waals surface area contributed by atoms with Crippen molar-refractivity contribution in [2.45, 2.75) is 44.6 Å². The fourth-order valence-corrected chi connectivity index (χ4v) is 3.20. The Kier molecular flexibility index (Phi) is 5.88. The molecule has 1 aromatic carbocycles. The van der Waals surface area contributed by atoms with Gasteiger partial charge in [-0.25, -0.2) is 0 Å². The van der Waals surface area contributed by atoms with Crippen LogP contribution in [0.5, 0.6) is 5.75 Å².